The number of rotatable bonds is 7. The van der Waals surface area contributed by atoms with Gasteiger partial charge in [0.1, 0.15) is 6.23 Å². The van der Waals surface area contributed by atoms with Gasteiger partial charge in [-0.3, -0.25) is 9.69 Å². The predicted molar refractivity (Wildman–Crippen MR) is 136 cm³/mol. The minimum Gasteiger partial charge on any atom is -0.481 e. The van der Waals surface area contributed by atoms with E-state index in [0.29, 0.717) is 45.3 Å². The van der Waals surface area contributed by atoms with Crippen LogP contribution in [0.2, 0.25) is 0 Å². The number of hydrogen-bond donors (Lipinski definition) is 4. The SMILES string of the molecule is Cc1ccccc1C(C/C(=N/O)C1CCC(O)N(C)C1)c1cccc(C2(C(=O)O)CCNCC2)c1. The number of carboxylic acid groups (broad SMARTS) is 1. The number of nitrogens with zero attached hydrogens (tertiary/aromatic N) is 2. The third-order valence-electron chi connectivity index (χ3n) is 8.08. The van der Waals surface area contributed by atoms with E-state index in [2.05, 4.69) is 41.7 Å². The van der Waals surface area contributed by atoms with Gasteiger partial charge < -0.3 is 20.7 Å². The average Bonchev–Trinajstić information content (AvgIpc) is 2.87. The third-order valence-corrected chi connectivity index (χ3v) is 8.08. The van der Waals surface area contributed by atoms with Gasteiger partial charge in [-0.2, -0.15) is 0 Å². The Morgan fingerprint density at radius 3 is 2.57 bits per heavy atom. The van der Waals surface area contributed by atoms with Gasteiger partial charge in [0.15, 0.2) is 0 Å². The summed E-state index contributed by atoms with van der Waals surface area (Å²) in [6.45, 7) is 4.08. The Hall–Kier alpha value is -2.74. The minimum atomic E-state index is -0.895. The molecule has 0 radical (unpaired) electrons. The fraction of sp³-hybridized carbons (Fsp3) is 0.500. The number of aryl methyl sites for hydroxylation is 1. The molecular weight excluding hydrogens is 442 g/mol. The van der Waals surface area contributed by atoms with Crippen molar-refractivity contribution in [1.82, 2.24) is 10.2 Å². The number of oxime groups is 1. The lowest BCUT2D eigenvalue weighted by Crippen LogP contribution is -2.45. The van der Waals surface area contributed by atoms with Crippen LogP contribution in [0.25, 0.3) is 0 Å². The molecular formula is C28H37N3O4. The average molecular weight is 480 g/mol. The number of aliphatic carboxylic acids is 1. The maximum Gasteiger partial charge on any atom is 0.314 e. The van der Waals surface area contributed by atoms with Crippen LogP contribution < -0.4 is 5.32 Å². The highest BCUT2D eigenvalue weighted by atomic mass is 16.4. The zero-order valence-corrected chi connectivity index (χ0v) is 20.7. The van der Waals surface area contributed by atoms with Crippen LogP contribution in [0.15, 0.2) is 53.7 Å². The molecule has 2 aliphatic heterocycles. The lowest BCUT2D eigenvalue weighted by Gasteiger charge is -2.36. The van der Waals surface area contributed by atoms with E-state index in [9.17, 15) is 20.2 Å². The van der Waals surface area contributed by atoms with Crippen LogP contribution >= 0.6 is 0 Å². The summed E-state index contributed by atoms with van der Waals surface area (Å²) in [5.74, 6) is -0.797. The zero-order valence-electron chi connectivity index (χ0n) is 20.7. The summed E-state index contributed by atoms with van der Waals surface area (Å²) in [4.78, 5) is 14.4. The van der Waals surface area contributed by atoms with Crippen LogP contribution in [-0.2, 0) is 10.2 Å². The van der Waals surface area contributed by atoms with Crippen molar-refractivity contribution >= 4 is 11.7 Å². The van der Waals surface area contributed by atoms with Gasteiger partial charge in [-0.15, -0.1) is 0 Å². The van der Waals surface area contributed by atoms with E-state index in [1.165, 1.54) is 0 Å². The van der Waals surface area contributed by atoms with E-state index in [1.807, 2.05) is 36.2 Å². The normalized spacial score (nSPS) is 24.1. The number of aliphatic hydroxyl groups is 1. The van der Waals surface area contributed by atoms with Crippen LogP contribution in [0.5, 0.6) is 0 Å². The van der Waals surface area contributed by atoms with Gasteiger partial charge in [0.25, 0.3) is 0 Å². The molecule has 0 bridgehead atoms. The summed E-state index contributed by atoms with van der Waals surface area (Å²) < 4.78 is 0. The van der Waals surface area contributed by atoms with Gasteiger partial charge >= 0.3 is 5.97 Å². The number of carboxylic acids is 1. The second-order valence-electron chi connectivity index (χ2n) is 10.2. The van der Waals surface area contributed by atoms with Gasteiger partial charge in [-0.25, -0.2) is 0 Å². The first-order chi connectivity index (χ1) is 16.9. The summed E-state index contributed by atoms with van der Waals surface area (Å²) >= 11 is 0. The first-order valence-electron chi connectivity index (χ1n) is 12.5. The van der Waals surface area contributed by atoms with E-state index < -0.39 is 17.6 Å². The highest BCUT2D eigenvalue weighted by molar-refractivity contribution is 5.88. The molecule has 2 aromatic rings. The summed E-state index contributed by atoms with van der Waals surface area (Å²) in [5, 5.41) is 37.4. The van der Waals surface area contributed by atoms with Crippen LogP contribution in [0, 0.1) is 12.8 Å². The largest absolute Gasteiger partial charge is 0.481 e. The maximum atomic E-state index is 12.5. The fourth-order valence-electron chi connectivity index (χ4n) is 5.82. The Balaban J connectivity index is 1.72. The lowest BCUT2D eigenvalue weighted by molar-refractivity contribution is -0.145. The van der Waals surface area contributed by atoms with E-state index in [0.717, 1.165) is 34.4 Å². The Kier molecular flexibility index (Phi) is 7.89. The van der Waals surface area contributed by atoms with Crippen molar-refractivity contribution in [1.29, 1.82) is 0 Å². The van der Waals surface area contributed by atoms with Crippen molar-refractivity contribution < 1.29 is 20.2 Å². The van der Waals surface area contributed by atoms with E-state index in [1.54, 1.807) is 0 Å². The van der Waals surface area contributed by atoms with E-state index >= 15 is 0 Å². The van der Waals surface area contributed by atoms with Crippen molar-refractivity contribution in [2.24, 2.45) is 11.1 Å². The molecule has 35 heavy (non-hydrogen) atoms. The van der Waals surface area contributed by atoms with Crippen molar-refractivity contribution in [3.05, 3.63) is 70.8 Å². The van der Waals surface area contributed by atoms with Gasteiger partial charge in [0.2, 0.25) is 0 Å². The van der Waals surface area contributed by atoms with Crippen LogP contribution in [0.3, 0.4) is 0 Å². The fourth-order valence-corrected chi connectivity index (χ4v) is 5.82. The number of aliphatic hydroxyl groups excluding tert-OH is 1. The first-order valence-corrected chi connectivity index (χ1v) is 12.5. The molecule has 4 rings (SSSR count). The number of hydrogen-bond acceptors (Lipinski definition) is 6. The number of likely N-dealkylation sites (tertiary alicyclic amines) is 1. The molecule has 0 amide bonds. The van der Waals surface area contributed by atoms with Crippen LogP contribution in [0.1, 0.15) is 60.3 Å². The van der Waals surface area contributed by atoms with Crippen molar-refractivity contribution in [3.63, 3.8) is 0 Å². The Bertz CT molecular complexity index is 1060. The quantitative estimate of drug-likeness (QED) is 0.274. The lowest BCUT2D eigenvalue weighted by atomic mass is 9.71. The second kappa shape index (κ2) is 10.9. The highest BCUT2D eigenvalue weighted by Gasteiger charge is 2.41. The molecule has 7 heteroatoms. The van der Waals surface area contributed by atoms with Crippen LogP contribution in [-0.4, -0.2) is 64.9 Å². The molecule has 2 aromatic carbocycles. The molecule has 7 nitrogen and oxygen atoms in total. The number of benzene rings is 2. The number of nitrogens with one attached hydrogen (secondary N) is 1. The Labute approximate surface area is 207 Å². The molecule has 2 heterocycles. The van der Waals surface area contributed by atoms with Crippen molar-refractivity contribution in [2.75, 3.05) is 26.7 Å². The summed E-state index contributed by atoms with van der Waals surface area (Å²) in [5.41, 5.74) is 3.98. The summed E-state index contributed by atoms with van der Waals surface area (Å²) in [6.07, 6.45) is 2.58. The first kappa shape index (κ1) is 25.4. The number of carbonyl (C=O) groups is 1. The molecule has 3 atom stereocenters. The highest BCUT2D eigenvalue weighted by Crippen LogP contribution is 2.38. The van der Waals surface area contributed by atoms with Crippen molar-refractivity contribution in [2.45, 2.75) is 56.6 Å². The molecule has 4 N–H and O–H groups in total. The summed E-state index contributed by atoms with van der Waals surface area (Å²) in [7, 11) is 1.89. The molecule has 0 aliphatic carbocycles. The third kappa shape index (κ3) is 5.27. The molecule has 188 valence electrons. The van der Waals surface area contributed by atoms with Gasteiger partial charge in [0.05, 0.1) is 11.1 Å². The Morgan fingerprint density at radius 1 is 1.17 bits per heavy atom. The predicted octanol–water partition coefficient (Wildman–Crippen LogP) is 3.71. The molecule has 2 fully saturated rings. The molecule has 0 saturated carbocycles. The van der Waals surface area contributed by atoms with E-state index in [4.69, 9.17) is 0 Å². The molecule has 2 aliphatic rings. The summed E-state index contributed by atoms with van der Waals surface area (Å²) in [6, 6.07) is 16.2. The van der Waals surface area contributed by atoms with Crippen LogP contribution in [0.4, 0.5) is 0 Å². The van der Waals surface area contributed by atoms with E-state index in [-0.39, 0.29) is 11.8 Å². The monoisotopic (exact) mass is 479 g/mol. The standard InChI is InChI=1S/C28H37N3O4/c1-19-6-3-4-9-23(19)24(17-25(30-35)21-10-11-26(32)31(2)18-21)20-7-5-8-22(16-20)28(27(33)34)12-14-29-15-13-28/h3-9,16,21,24,26,29,32,35H,10-15,17-18H2,1-2H3,(H,33,34)/b30-25-. The van der Waals surface area contributed by atoms with Gasteiger partial charge in [0, 0.05) is 24.8 Å². The van der Waals surface area contributed by atoms with Gasteiger partial charge in [-0.05, 0) is 75.0 Å². The Morgan fingerprint density at radius 2 is 1.91 bits per heavy atom. The van der Waals surface area contributed by atoms with Gasteiger partial charge in [-0.1, -0.05) is 53.7 Å². The molecule has 2 saturated heterocycles. The smallest absolute Gasteiger partial charge is 0.314 e. The molecule has 0 spiro atoms. The minimum absolute atomic E-state index is 0.0536. The second-order valence-corrected chi connectivity index (χ2v) is 10.2. The van der Waals surface area contributed by atoms with Crippen molar-refractivity contribution in [3.8, 4) is 0 Å². The molecule has 3 unspecified atom stereocenters. The topological polar surface area (TPSA) is 105 Å². The zero-order chi connectivity index (χ0) is 25.0. The number of piperidine rings is 2. The maximum absolute atomic E-state index is 12.5. The molecule has 0 aromatic heterocycles.